The lowest BCUT2D eigenvalue weighted by Crippen LogP contribution is -2.73. The fourth-order valence-electron chi connectivity index (χ4n) is 6.87. The highest BCUT2D eigenvalue weighted by atomic mass is 16.6. The van der Waals surface area contributed by atoms with Gasteiger partial charge < -0.3 is 35.2 Å². The van der Waals surface area contributed by atoms with Crippen LogP contribution in [0.5, 0.6) is 5.75 Å². The second kappa shape index (κ2) is 9.60. The summed E-state index contributed by atoms with van der Waals surface area (Å²) in [6.07, 6.45) is 5.73. The first-order valence-electron chi connectivity index (χ1n) is 14.6. The molecule has 1 aromatic carbocycles. The molecule has 4 saturated heterocycles. The average molecular weight is 572 g/mol. The molecule has 0 aliphatic carbocycles. The highest BCUT2D eigenvalue weighted by Gasteiger charge is 2.54. The quantitative estimate of drug-likeness (QED) is 0.478. The molecule has 2 bridgehead atoms. The molecule has 0 saturated carbocycles. The molecule has 4 aliphatic rings. The maximum Gasteiger partial charge on any atom is 0.410 e. The lowest BCUT2D eigenvalue weighted by Gasteiger charge is -2.60. The number of nitrogens with two attached hydrogens (primary N) is 1. The SMILES string of the molecule is CC(C)(C)OC(=O)N1CC2(C1)CN(c1cnc(N3C4CCC3CN(c3cc(-c5ccccc5O)nnc3N)C4)nc1)C2. The van der Waals surface area contributed by atoms with E-state index in [0.717, 1.165) is 69.4 Å². The number of benzene rings is 1. The van der Waals surface area contributed by atoms with Gasteiger partial charge in [0.05, 0.1) is 29.5 Å². The summed E-state index contributed by atoms with van der Waals surface area (Å²) in [5, 5.41) is 18.8. The number of para-hydroxylation sites is 1. The number of phenolic OH excluding ortho intramolecular Hbond substituents is 1. The van der Waals surface area contributed by atoms with Crippen LogP contribution in [0.25, 0.3) is 11.3 Å². The highest BCUT2D eigenvalue weighted by molar-refractivity contribution is 5.74. The third-order valence-electron chi connectivity index (χ3n) is 8.78. The van der Waals surface area contributed by atoms with Crippen molar-refractivity contribution in [1.82, 2.24) is 25.1 Å². The zero-order valence-electron chi connectivity index (χ0n) is 24.3. The maximum absolute atomic E-state index is 12.3. The van der Waals surface area contributed by atoms with E-state index < -0.39 is 5.60 Å². The number of amides is 1. The first kappa shape index (κ1) is 26.5. The molecule has 6 heterocycles. The van der Waals surface area contributed by atoms with Crippen molar-refractivity contribution in [2.24, 2.45) is 5.41 Å². The van der Waals surface area contributed by atoms with Crippen molar-refractivity contribution in [1.29, 1.82) is 0 Å². The van der Waals surface area contributed by atoms with Crippen LogP contribution in [0.3, 0.4) is 0 Å². The molecule has 12 nitrogen and oxygen atoms in total. The van der Waals surface area contributed by atoms with Crippen LogP contribution in [0.4, 0.5) is 27.9 Å². The van der Waals surface area contributed by atoms with Crippen LogP contribution in [-0.2, 0) is 4.74 Å². The van der Waals surface area contributed by atoms with Gasteiger partial charge in [0.15, 0.2) is 5.82 Å². The maximum atomic E-state index is 12.3. The largest absolute Gasteiger partial charge is 0.507 e. The zero-order valence-corrected chi connectivity index (χ0v) is 24.3. The number of carbonyl (C=O) groups excluding carboxylic acids is 1. The van der Waals surface area contributed by atoms with Gasteiger partial charge in [0.2, 0.25) is 5.95 Å². The van der Waals surface area contributed by atoms with Crippen molar-refractivity contribution in [2.45, 2.75) is 51.3 Å². The smallest absolute Gasteiger partial charge is 0.410 e. The summed E-state index contributed by atoms with van der Waals surface area (Å²) < 4.78 is 5.50. The number of likely N-dealkylation sites (tertiary alicyclic amines) is 1. The monoisotopic (exact) mass is 571 g/mol. The number of phenols is 1. The van der Waals surface area contributed by atoms with Crippen LogP contribution in [-0.4, -0.2) is 93.2 Å². The Morgan fingerprint density at radius 1 is 1.00 bits per heavy atom. The standard InChI is InChI=1S/C30H37N9O3/c1-29(2,3)42-28(41)38-17-30(18-38)15-37(16-30)21-11-32-27(33-12-21)39-19-8-9-20(39)14-36(13-19)24-10-23(34-35-26(24)31)22-6-4-5-7-25(22)40/h4-7,10-12,19-20,40H,8-9,13-18H2,1-3H3,(H2,31,35). The third-order valence-corrected chi connectivity index (χ3v) is 8.78. The lowest BCUT2D eigenvalue weighted by molar-refractivity contribution is -0.0453. The Morgan fingerprint density at radius 2 is 1.67 bits per heavy atom. The molecule has 1 spiro atoms. The summed E-state index contributed by atoms with van der Waals surface area (Å²) in [7, 11) is 0. The number of fused-ring (bicyclic) bond motifs is 2. The minimum absolute atomic E-state index is 0.147. The molecular weight excluding hydrogens is 534 g/mol. The van der Waals surface area contributed by atoms with Crippen molar-refractivity contribution in [3.8, 4) is 17.0 Å². The summed E-state index contributed by atoms with van der Waals surface area (Å²) in [5.41, 5.74) is 9.04. The second-order valence-electron chi connectivity index (χ2n) is 13.1. The third kappa shape index (κ3) is 4.68. The normalized spacial score (nSPS) is 22.6. The summed E-state index contributed by atoms with van der Waals surface area (Å²) in [4.78, 5) is 30.6. The number of hydrogen-bond donors (Lipinski definition) is 2. The molecule has 0 radical (unpaired) electrons. The Bertz CT molecular complexity index is 1480. The van der Waals surface area contributed by atoms with Gasteiger partial charge in [-0.25, -0.2) is 14.8 Å². The van der Waals surface area contributed by atoms with Gasteiger partial charge in [-0.05, 0) is 51.8 Å². The molecule has 2 aromatic heterocycles. The Morgan fingerprint density at radius 3 is 2.31 bits per heavy atom. The molecule has 2 atom stereocenters. The molecule has 12 heteroatoms. The predicted octanol–water partition coefficient (Wildman–Crippen LogP) is 3.14. The van der Waals surface area contributed by atoms with Crippen molar-refractivity contribution in [2.75, 3.05) is 59.7 Å². The van der Waals surface area contributed by atoms with Gasteiger partial charge >= 0.3 is 6.09 Å². The van der Waals surface area contributed by atoms with Crippen molar-refractivity contribution in [3.05, 3.63) is 42.7 Å². The summed E-state index contributed by atoms with van der Waals surface area (Å²) in [6.45, 7) is 10.5. The van der Waals surface area contributed by atoms with E-state index in [4.69, 9.17) is 20.4 Å². The topological polar surface area (TPSA) is 137 Å². The number of rotatable bonds is 4. The predicted molar refractivity (Wildman–Crippen MR) is 160 cm³/mol. The number of nitrogens with zero attached hydrogens (tertiary/aromatic N) is 8. The number of anilines is 4. The fraction of sp³-hybridized carbons (Fsp3) is 0.500. The second-order valence-corrected chi connectivity index (χ2v) is 13.1. The lowest BCUT2D eigenvalue weighted by atomic mass is 9.73. The highest BCUT2D eigenvalue weighted by Crippen LogP contribution is 2.43. The van der Waals surface area contributed by atoms with Crippen molar-refractivity contribution < 1.29 is 14.6 Å². The van der Waals surface area contributed by atoms with Gasteiger partial charge in [0.1, 0.15) is 11.4 Å². The molecular formula is C30H37N9O3. The van der Waals surface area contributed by atoms with Gasteiger partial charge in [-0.15, -0.1) is 10.2 Å². The van der Waals surface area contributed by atoms with Crippen molar-refractivity contribution >= 4 is 29.2 Å². The zero-order chi connectivity index (χ0) is 29.2. The minimum atomic E-state index is -0.475. The number of aromatic hydroxyl groups is 1. The van der Waals surface area contributed by atoms with Crippen LogP contribution in [0.2, 0.25) is 0 Å². The molecule has 3 N–H and O–H groups in total. The van der Waals surface area contributed by atoms with Crippen LogP contribution in [0.1, 0.15) is 33.6 Å². The van der Waals surface area contributed by atoms with Gasteiger partial charge in [0, 0.05) is 62.3 Å². The Hall–Kier alpha value is -4.35. The number of hydrogen-bond acceptors (Lipinski definition) is 11. The average Bonchev–Trinajstić information content (AvgIpc) is 3.16. The number of aromatic nitrogens is 4. The van der Waals surface area contributed by atoms with E-state index in [2.05, 4.69) is 24.9 Å². The number of carbonyl (C=O) groups is 1. The van der Waals surface area contributed by atoms with Gasteiger partial charge in [-0.1, -0.05) is 12.1 Å². The Balaban J connectivity index is 0.986. The van der Waals surface area contributed by atoms with Gasteiger partial charge in [-0.2, -0.15) is 0 Å². The molecule has 220 valence electrons. The molecule has 2 unspecified atom stereocenters. The first-order chi connectivity index (χ1) is 20.1. The number of ether oxygens (including phenoxy) is 1. The summed E-state index contributed by atoms with van der Waals surface area (Å²) in [5.74, 6) is 1.31. The first-order valence-corrected chi connectivity index (χ1v) is 14.6. The summed E-state index contributed by atoms with van der Waals surface area (Å²) in [6, 6.07) is 9.56. The molecule has 1 amide bonds. The van der Waals surface area contributed by atoms with E-state index in [0.29, 0.717) is 17.1 Å². The summed E-state index contributed by atoms with van der Waals surface area (Å²) >= 11 is 0. The molecule has 3 aromatic rings. The fourth-order valence-corrected chi connectivity index (χ4v) is 6.87. The van der Waals surface area contributed by atoms with E-state index in [-0.39, 0.29) is 29.3 Å². The van der Waals surface area contributed by atoms with Gasteiger partial charge in [-0.3, -0.25) is 0 Å². The Kier molecular flexibility index (Phi) is 6.07. The Labute approximate surface area is 245 Å². The molecule has 4 aliphatic heterocycles. The minimum Gasteiger partial charge on any atom is -0.507 e. The molecule has 42 heavy (non-hydrogen) atoms. The van der Waals surface area contributed by atoms with E-state index in [9.17, 15) is 9.90 Å². The number of piperazine rings is 1. The molecule has 4 fully saturated rings. The van der Waals surface area contributed by atoms with E-state index >= 15 is 0 Å². The van der Waals surface area contributed by atoms with Gasteiger partial charge in [0.25, 0.3) is 0 Å². The van der Waals surface area contributed by atoms with E-state index in [1.165, 1.54) is 0 Å². The van der Waals surface area contributed by atoms with Crippen LogP contribution in [0.15, 0.2) is 42.7 Å². The van der Waals surface area contributed by atoms with E-state index in [1.807, 2.05) is 51.4 Å². The van der Waals surface area contributed by atoms with Crippen LogP contribution < -0.4 is 20.4 Å². The van der Waals surface area contributed by atoms with E-state index in [1.54, 1.807) is 17.0 Å². The molecule has 7 rings (SSSR count). The van der Waals surface area contributed by atoms with Crippen LogP contribution >= 0.6 is 0 Å². The number of nitrogen functional groups attached to an aromatic ring is 1. The van der Waals surface area contributed by atoms with Crippen molar-refractivity contribution in [3.63, 3.8) is 0 Å². The van der Waals surface area contributed by atoms with Crippen LogP contribution in [0, 0.1) is 5.41 Å².